The van der Waals surface area contributed by atoms with Crippen molar-refractivity contribution in [3.63, 3.8) is 0 Å². The van der Waals surface area contributed by atoms with Gasteiger partial charge in [-0.25, -0.2) is 0 Å². The van der Waals surface area contributed by atoms with Gasteiger partial charge in [-0.1, -0.05) is 122 Å². The SMILES string of the molecule is CCCCCCCCCc1ccc(CC[C@H]2CC[C@H](CCCCC)CC2)cc1C. The molecule has 1 aliphatic rings. The summed E-state index contributed by atoms with van der Waals surface area (Å²) in [5.74, 6) is 2.04. The topological polar surface area (TPSA) is 0 Å². The van der Waals surface area contributed by atoms with E-state index in [0.29, 0.717) is 0 Å². The van der Waals surface area contributed by atoms with Gasteiger partial charge in [0.25, 0.3) is 0 Å². The van der Waals surface area contributed by atoms with Crippen LogP contribution in [0.25, 0.3) is 0 Å². The predicted octanol–water partition coefficient (Wildman–Crippen LogP) is 9.61. The molecule has 0 aromatic heterocycles. The van der Waals surface area contributed by atoms with E-state index in [0.717, 1.165) is 11.8 Å². The van der Waals surface area contributed by atoms with Crippen molar-refractivity contribution in [3.05, 3.63) is 34.9 Å². The highest BCUT2D eigenvalue weighted by Crippen LogP contribution is 2.34. The normalized spacial score (nSPS) is 19.6. The summed E-state index contributed by atoms with van der Waals surface area (Å²) < 4.78 is 0. The molecule has 0 atom stereocenters. The van der Waals surface area contributed by atoms with Gasteiger partial charge in [0.1, 0.15) is 0 Å². The largest absolute Gasteiger partial charge is 0.0654 e. The third-order valence-corrected chi connectivity index (χ3v) is 7.48. The molecule has 0 saturated heterocycles. The number of rotatable bonds is 15. The quantitative estimate of drug-likeness (QED) is 0.258. The zero-order valence-corrected chi connectivity index (χ0v) is 20.1. The van der Waals surface area contributed by atoms with Crippen molar-refractivity contribution in [1.29, 1.82) is 0 Å². The minimum atomic E-state index is 0.991. The van der Waals surface area contributed by atoms with Gasteiger partial charge in [0, 0.05) is 0 Å². The van der Waals surface area contributed by atoms with Crippen molar-refractivity contribution in [3.8, 4) is 0 Å². The smallest absolute Gasteiger partial charge is 0.0276 e. The van der Waals surface area contributed by atoms with Crippen LogP contribution in [0.2, 0.25) is 0 Å². The van der Waals surface area contributed by atoms with Gasteiger partial charge in [0.05, 0.1) is 0 Å². The van der Waals surface area contributed by atoms with Crippen molar-refractivity contribution in [1.82, 2.24) is 0 Å². The molecule has 0 radical (unpaired) electrons. The van der Waals surface area contributed by atoms with Crippen LogP contribution in [-0.4, -0.2) is 0 Å². The number of hydrogen-bond donors (Lipinski definition) is 0. The van der Waals surface area contributed by atoms with Gasteiger partial charge in [0.2, 0.25) is 0 Å². The highest BCUT2D eigenvalue weighted by Gasteiger charge is 2.20. The van der Waals surface area contributed by atoms with Gasteiger partial charge in [-0.3, -0.25) is 0 Å². The second kappa shape index (κ2) is 15.1. The first-order valence-corrected chi connectivity index (χ1v) is 13.3. The van der Waals surface area contributed by atoms with Crippen LogP contribution in [0.15, 0.2) is 18.2 Å². The first-order valence-electron chi connectivity index (χ1n) is 13.3. The second-order valence-electron chi connectivity index (χ2n) is 10.1. The van der Waals surface area contributed by atoms with Crippen molar-refractivity contribution in [2.24, 2.45) is 11.8 Å². The van der Waals surface area contributed by atoms with E-state index in [4.69, 9.17) is 0 Å². The number of benzene rings is 1. The van der Waals surface area contributed by atoms with Gasteiger partial charge in [0.15, 0.2) is 0 Å². The van der Waals surface area contributed by atoms with Gasteiger partial charge in [-0.05, 0) is 61.1 Å². The molecule has 1 aromatic rings. The molecule has 0 N–H and O–H groups in total. The number of unbranched alkanes of at least 4 members (excludes halogenated alkanes) is 8. The summed E-state index contributed by atoms with van der Waals surface area (Å²) in [6, 6.07) is 7.36. The van der Waals surface area contributed by atoms with Crippen molar-refractivity contribution >= 4 is 0 Å². The molecule has 0 amide bonds. The van der Waals surface area contributed by atoms with Crippen LogP contribution in [0.4, 0.5) is 0 Å². The van der Waals surface area contributed by atoms with Gasteiger partial charge in [-0.15, -0.1) is 0 Å². The average molecular weight is 399 g/mol. The second-order valence-corrected chi connectivity index (χ2v) is 10.1. The first kappa shape index (κ1) is 24.5. The Morgan fingerprint density at radius 2 is 1.24 bits per heavy atom. The molecular formula is C29H50. The van der Waals surface area contributed by atoms with E-state index >= 15 is 0 Å². The maximum atomic E-state index is 2.49. The van der Waals surface area contributed by atoms with Crippen LogP contribution in [-0.2, 0) is 12.8 Å². The van der Waals surface area contributed by atoms with E-state index in [1.165, 1.54) is 121 Å². The fourth-order valence-corrected chi connectivity index (χ4v) is 5.33. The van der Waals surface area contributed by atoms with Crippen molar-refractivity contribution < 1.29 is 0 Å². The molecule has 0 spiro atoms. The van der Waals surface area contributed by atoms with Gasteiger partial charge in [-0.2, -0.15) is 0 Å². The lowest BCUT2D eigenvalue weighted by Crippen LogP contribution is -2.15. The molecule has 0 nitrogen and oxygen atoms in total. The lowest BCUT2D eigenvalue weighted by Gasteiger charge is -2.28. The summed E-state index contributed by atoms with van der Waals surface area (Å²) in [7, 11) is 0. The van der Waals surface area contributed by atoms with E-state index in [2.05, 4.69) is 39.0 Å². The Bertz CT molecular complexity index is 521. The molecule has 2 rings (SSSR count). The van der Waals surface area contributed by atoms with E-state index < -0.39 is 0 Å². The molecule has 0 heteroatoms. The third-order valence-electron chi connectivity index (χ3n) is 7.48. The molecule has 0 heterocycles. The number of aryl methyl sites for hydroxylation is 3. The third kappa shape index (κ3) is 10.2. The molecule has 1 saturated carbocycles. The van der Waals surface area contributed by atoms with E-state index in [1.54, 1.807) is 11.1 Å². The lowest BCUT2D eigenvalue weighted by atomic mass is 9.77. The predicted molar refractivity (Wildman–Crippen MR) is 131 cm³/mol. The molecule has 166 valence electrons. The first-order chi connectivity index (χ1) is 14.2. The van der Waals surface area contributed by atoms with E-state index in [9.17, 15) is 0 Å². The summed E-state index contributed by atoms with van der Waals surface area (Å²) in [5, 5.41) is 0. The molecule has 1 aliphatic carbocycles. The minimum Gasteiger partial charge on any atom is -0.0654 e. The van der Waals surface area contributed by atoms with Crippen LogP contribution < -0.4 is 0 Å². The van der Waals surface area contributed by atoms with Gasteiger partial charge >= 0.3 is 0 Å². The minimum absolute atomic E-state index is 0.991. The van der Waals surface area contributed by atoms with Crippen LogP contribution in [0, 0.1) is 18.8 Å². The maximum absolute atomic E-state index is 2.49. The van der Waals surface area contributed by atoms with Crippen LogP contribution in [0.3, 0.4) is 0 Å². The monoisotopic (exact) mass is 398 g/mol. The Morgan fingerprint density at radius 1 is 0.655 bits per heavy atom. The Labute approximate surface area is 183 Å². The highest BCUT2D eigenvalue weighted by atomic mass is 14.3. The summed E-state index contributed by atoms with van der Waals surface area (Å²) >= 11 is 0. The maximum Gasteiger partial charge on any atom is -0.0276 e. The van der Waals surface area contributed by atoms with Crippen LogP contribution in [0.1, 0.15) is 133 Å². The van der Waals surface area contributed by atoms with Gasteiger partial charge < -0.3 is 0 Å². The Morgan fingerprint density at radius 3 is 1.90 bits per heavy atom. The average Bonchev–Trinajstić information content (AvgIpc) is 2.74. The molecule has 1 aromatic carbocycles. The Balaban J connectivity index is 1.61. The Kier molecular flexibility index (Phi) is 12.7. The summed E-state index contributed by atoms with van der Waals surface area (Å²) in [4.78, 5) is 0. The van der Waals surface area contributed by atoms with Crippen molar-refractivity contribution in [2.45, 2.75) is 136 Å². The molecule has 1 fully saturated rings. The summed E-state index contributed by atoms with van der Waals surface area (Å²) in [5.41, 5.74) is 4.71. The fourth-order valence-electron chi connectivity index (χ4n) is 5.33. The summed E-state index contributed by atoms with van der Waals surface area (Å²) in [6.07, 6.45) is 25.6. The standard InChI is InChI=1S/C29H50/c1-4-6-8-9-10-11-13-15-29-23-22-28(24-25(29)3)21-20-27-18-16-26(17-19-27)14-12-7-5-2/h22-24,26-27H,4-21H2,1-3H3/t26-,27-. The number of hydrogen-bond acceptors (Lipinski definition) is 0. The fraction of sp³-hybridized carbons (Fsp3) is 0.793. The van der Waals surface area contributed by atoms with Crippen LogP contribution in [0.5, 0.6) is 0 Å². The van der Waals surface area contributed by atoms with E-state index in [1.807, 2.05) is 0 Å². The molecular weight excluding hydrogens is 348 g/mol. The lowest BCUT2D eigenvalue weighted by molar-refractivity contribution is 0.249. The molecule has 0 aliphatic heterocycles. The van der Waals surface area contributed by atoms with Crippen molar-refractivity contribution in [2.75, 3.05) is 0 Å². The molecule has 0 unspecified atom stereocenters. The van der Waals surface area contributed by atoms with E-state index in [-0.39, 0.29) is 0 Å². The summed E-state index contributed by atoms with van der Waals surface area (Å²) in [6.45, 7) is 6.95. The Hall–Kier alpha value is -0.780. The zero-order valence-electron chi connectivity index (χ0n) is 20.1. The molecule has 29 heavy (non-hydrogen) atoms. The zero-order chi connectivity index (χ0) is 20.7. The highest BCUT2D eigenvalue weighted by molar-refractivity contribution is 5.31. The molecule has 0 bridgehead atoms. The van der Waals surface area contributed by atoms with Crippen LogP contribution >= 0.6 is 0 Å².